The molecule has 0 aliphatic carbocycles. The molecule has 1 aliphatic rings. The highest BCUT2D eigenvalue weighted by Gasteiger charge is 2.11. The molecule has 136 valence electrons. The lowest BCUT2D eigenvalue weighted by atomic mass is 10.1. The van der Waals surface area contributed by atoms with Gasteiger partial charge < -0.3 is 15.0 Å². The Morgan fingerprint density at radius 1 is 1.04 bits per heavy atom. The van der Waals surface area contributed by atoms with Gasteiger partial charge in [0.25, 0.3) is 0 Å². The van der Waals surface area contributed by atoms with Crippen molar-refractivity contribution in [1.29, 1.82) is 0 Å². The quantitative estimate of drug-likeness (QED) is 0.667. The minimum atomic E-state index is 0. The van der Waals surface area contributed by atoms with Gasteiger partial charge in [-0.3, -0.25) is 4.98 Å². The number of fused-ring (bicyclic) bond motifs is 1. The summed E-state index contributed by atoms with van der Waals surface area (Å²) in [4.78, 5) is 6.92. The van der Waals surface area contributed by atoms with Gasteiger partial charge >= 0.3 is 0 Å². The zero-order valence-corrected chi connectivity index (χ0v) is 16.1. The molecule has 1 aliphatic heterocycles. The summed E-state index contributed by atoms with van der Waals surface area (Å²) >= 11 is 6.17. The highest BCUT2D eigenvalue weighted by molar-refractivity contribution is 6.31. The van der Waals surface area contributed by atoms with Crippen molar-refractivity contribution in [3.05, 3.63) is 59.2 Å². The fourth-order valence-corrected chi connectivity index (χ4v) is 3.34. The molecule has 0 saturated carbocycles. The number of anilines is 3. The van der Waals surface area contributed by atoms with Gasteiger partial charge in [0, 0.05) is 46.3 Å². The van der Waals surface area contributed by atoms with Crippen molar-refractivity contribution >= 4 is 52.0 Å². The number of hydrogen-bond donors (Lipinski definition) is 1. The number of nitrogens with zero attached hydrogens (tertiary/aromatic N) is 2. The zero-order chi connectivity index (χ0) is 17.2. The van der Waals surface area contributed by atoms with E-state index in [1.165, 1.54) is 5.69 Å². The van der Waals surface area contributed by atoms with Crippen LogP contribution in [0.3, 0.4) is 0 Å². The first-order chi connectivity index (χ1) is 12.2. The van der Waals surface area contributed by atoms with Gasteiger partial charge in [-0.25, -0.2) is 0 Å². The van der Waals surface area contributed by atoms with E-state index >= 15 is 0 Å². The van der Waals surface area contributed by atoms with Crippen LogP contribution in [0.5, 0.6) is 0 Å². The van der Waals surface area contributed by atoms with Crippen molar-refractivity contribution in [1.82, 2.24) is 4.98 Å². The molecule has 0 unspecified atom stereocenters. The summed E-state index contributed by atoms with van der Waals surface area (Å²) in [6.45, 7) is 5.48. The number of nitrogens with one attached hydrogen (secondary N) is 1. The van der Waals surface area contributed by atoms with Crippen LogP contribution in [0.2, 0.25) is 5.02 Å². The van der Waals surface area contributed by atoms with Crippen molar-refractivity contribution in [3.63, 3.8) is 0 Å². The first kappa shape index (κ1) is 18.8. The molecule has 0 bridgehead atoms. The summed E-state index contributed by atoms with van der Waals surface area (Å²) < 4.78 is 5.41. The Labute approximate surface area is 164 Å². The number of aryl methyl sites for hydroxylation is 1. The second-order valence-corrected chi connectivity index (χ2v) is 6.68. The summed E-state index contributed by atoms with van der Waals surface area (Å²) in [6, 6.07) is 16.3. The van der Waals surface area contributed by atoms with Crippen LogP contribution in [-0.4, -0.2) is 31.3 Å². The highest BCUT2D eigenvalue weighted by Crippen LogP contribution is 2.29. The van der Waals surface area contributed by atoms with Gasteiger partial charge in [-0.15, -0.1) is 12.4 Å². The molecule has 0 spiro atoms. The first-order valence-electron chi connectivity index (χ1n) is 8.46. The molecular formula is C20H21Cl2N3O. The van der Waals surface area contributed by atoms with Crippen molar-refractivity contribution in [2.24, 2.45) is 0 Å². The minimum absolute atomic E-state index is 0. The maximum atomic E-state index is 6.17. The van der Waals surface area contributed by atoms with Gasteiger partial charge in [-0.1, -0.05) is 11.6 Å². The maximum absolute atomic E-state index is 6.17. The van der Waals surface area contributed by atoms with Crippen molar-refractivity contribution in [2.45, 2.75) is 6.92 Å². The highest BCUT2D eigenvalue weighted by atomic mass is 35.5. The number of hydrogen-bond acceptors (Lipinski definition) is 4. The molecule has 0 radical (unpaired) electrons. The van der Waals surface area contributed by atoms with E-state index in [9.17, 15) is 0 Å². The van der Waals surface area contributed by atoms with Gasteiger partial charge in [-0.05, 0) is 55.5 Å². The average Bonchev–Trinajstić information content (AvgIpc) is 2.64. The van der Waals surface area contributed by atoms with Crippen molar-refractivity contribution in [2.75, 3.05) is 36.5 Å². The van der Waals surface area contributed by atoms with Crippen molar-refractivity contribution in [3.8, 4) is 0 Å². The number of ether oxygens (including phenoxy) is 1. The Morgan fingerprint density at radius 3 is 2.50 bits per heavy atom. The van der Waals surface area contributed by atoms with Crippen LogP contribution in [0, 0.1) is 6.92 Å². The molecule has 3 aromatic rings. The number of aromatic nitrogens is 1. The molecule has 4 nitrogen and oxygen atoms in total. The molecule has 1 saturated heterocycles. The Kier molecular flexibility index (Phi) is 5.87. The van der Waals surface area contributed by atoms with Crippen LogP contribution in [0.4, 0.5) is 17.1 Å². The standard InChI is InChI=1S/C20H20ClN3O.ClH/c1-14-12-20(18-13-15(21)2-7-19(18)22-14)23-16-3-5-17(6-4-16)24-8-10-25-11-9-24;/h2-7,12-13H,8-11H2,1H3,(H,22,23);1H. The molecule has 26 heavy (non-hydrogen) atoms. The Bertz CT molecular complexity index is 893. The second kappa shape index (κ2) is 8.12. The Hall–Kier alpha value is -2.01. The number of rotatable bonds is 3. The van der Waals surface area contributed by atoms with Crippen LogP contribution >= 0.6 is 24.0 Å². The van der Waals surface area contributed by atoms with Crippen LogP contribution in [0.25, 0.3) is 10.9 Å². The third-order valence-electron chi connectivity index (χ3n) is 4.42. The summed E-state index contributed by atoms with van der Waals surface area (Å²) in [5, 5.41) is 5.24. The van der Waals surface area contributed by atoms with E-state index in [4.69, 9.17) is 16.3 Å². The summed E-state index contributed by atoms with van der Waals surface area (Å²) in [5.41, 5.74) is 5.21. The van der Waals surface area contributed by atoms with Gasteiger partial charge in [0.2, 0.25) is 0 Å². The number of halogens is 2. The molecule has 0 amide bonds. The third-order valence-corrected chi connectivity index (χ3v) is 4.66. The smallest absolute Gasteiger partial charge is 0.0727 e. The summed E-state index contributed by atoms with van der Waals surface area (Å²) in [5.74, 6) is 0. The molecule has 6 heteroatoms. The lowest BCUT2D eigenvalue weighted by Crippen LogP contribution is -2.36. The number of morpholine rings is 1. The molecule has 4 rings (SSSR count). The molecule has 2 aromatic carbocycles. The Morgan fingerprint density at radius 2 is 1.77 bits per heavy atom. The second-order valence-electron chi connectivity index (χ2n) is 6.24. The molecule has 1 N–H and O–H groups in total. The first-order valence-corrected chi connectivity index (χ1v) is 8.83. The average molecular weight is 390 g/mol. The molecular weight excluding hydrogens is 369 g/mol. The summed E-state index contributed by atoms with van der Waals surface area (Å²) in [6.07, 6.45) is 0. The van der Waals surface area contributed by atoms with E-state index in [0.29, 0.717) is 5.02 Å². The summed E-state index contributed by atoms with van der Waals surface area (Å²) in [7, 11) is 0. The fourth-order valence-electron chi connectivity index (χ4n) is 3.17. The van der Waals surface area contributed by atoms with Crippen LogP contribution in [0.15, 0.2) is 48.5 Å². The molecule has 2 heterocycles. The van der Waals surface area contributed by atoms with Crippen molar-refractivity contribution < 1.29 is 4.74 Å². The van der Waals surface area contributed by atoms with E-state index in [0.717, 1.165) is 54.3 Å². The monoisotopic (exact) mass is 389 g/mol. The Balaban J connectivity index is 0.00000196. The van der Waals surface area contributed by atoms with Gasteiger partial charge in [0.05, 0.1) is 18.7 Å². The fraction of sp³-hybridized carbons (Fsp3) is 0.250. The van der Waals surface area contributed by atoms with E-state index in [1.54, 1.807) is 0 Å². The predicted octanol–water partition coefficient (Wildman–Crippen LogP) is 5.20. The molecule has 0 atom stereocenters. The number of pyridine rings is 1. The largest absolute Gasteiger partial charge is 0.378 e. The number of benzene rings is 2. The lowest BCUT2D eigenvalue weighted by Gasteiger charge is -2.29. The van der Waals surface area contributed by atoms with Crippen LogP contribution in [-0.2, 0) is 4.74 Å². The minimum Gasteiger partial charge on any atom is -0.378 e. The van der Waals surface area contributed by atoms with E-state index in [1.807, 2.05) is 25.1 Å². The topological polar surface area (TPSA) is 37.4 Å². The van der Waals surface area contributed by atoms with E-state index < -0.39 is 0 Å². The molecule has 1 fully saturated rings. The van der Waals surface area contributed by atoms with Gasteiger partial charge in [0.15, 0.2) is 0 Å². The van der Waals surface area contributed by atoms with E-state index in [-0.39, 0.29) is 12.4 Å². The van der Waals surface area contributed by atoms with Crippen LogP contribution < -0.4 is 10.2 Å². The predicted molar refractivity (Wildman–Crippen MR) is 111 cm³/mol. The zero-order valence-electron chi connectivity index (χ0n) is 14.5. The molecule has 1 aromatic heterocycles. The van der Waals surface area contributed by atoms with Gasteiger partial charge in [-0.2, -0.15) is 0 Å². The third kappa shape index (κ3) is 4.04. The SMILES string of the molecule is Cc1cc(Nc2ccc(N3CCOCC3)cc2)c2cc(Cl)ccc2n1.Cl. The van der Waals surface area contributed by atoms with E-state index in [2.05, 4.69) is 45.5 Å². The normalized spacial score (nSPS) is 14.2. The lowest BCUT2D eigenvalue weighted by molar-refractivity contribution is 0.122. The van der Waals surface area contributed by atoms with Crippen LogP contribution in [0.1, 0.15) is 5.69 Å². The van der Waals surface area contributed by atoms with Gasteiger partial charge in [0.1, 0.15) is 0 Å². The maximum Gasteiger partial charge on any atom is 0.0727 e.